The molecule has 8 heteroatoms. The average Bonchev–Trinajstić information content (AvgIpc) is 2.43. The number of nitrogens with one attached hydrogen (secondary N) is 2. The van der Waals surface area contributed by atoms with E-state index >= 15 is 0 Å². The van der Waals surface area contributed by atoms with Crippen molar-refractivity contribution in [2.75, 3.05) is 13.1 Å². The van der Waals surface area contributed by atoms with Crippen molar-refractivity contribution in [3.05, 3.63) is 35.4 Å². The molecule has 0 heterocycles. The molecule has 122 valence electrons. The summed E-state index contributed by atoms with van der Waals surface area (Å²) in [4.78, 5) is 23.2. The average molecular weight is 317 g/mol. The summed E-state index contributed by atoms with van der Waals surface area (Å²) in [5.74, 6) is -1.44. The summed E-state index contributed by atoms with van der Waals surface area (Å²) in [6, 6.07) is 4.32. The Labute approximate surface area is 126 Å². The van der Waals surface area contributed by atoms with Crippen molar-refractivity contribution in [3.63, 3.8) is 0 Å². The maximum Gasteiger partial charge on any atom is 0.417 e. The van der Waals surface area contributed by atoms with Crippen LogP contribution in [0.2, 0.25) is 0 Å². The lowest BCUT2D eigenvalue weighted by molar-refractivity contribution is -0.137. The van der Waals surface area contributed by atoms with Gasteiger partial charge in [0.25, 0.3) is 5.91 Å². The fourth-order valence-electron chi connectivity index (χ4n) is 1.69. The number of hydrogen-bond donors (Lipinski definition) is 3. The van der Waals surface area contributed by atoms with Crippen LogP contribution in [0.3, 0.4) is 0 Å². The zero-order valence-electron chi connectivity index (χ0n) is 12.0. The standard InChI is InChI=1S/C14H18F3N3O2/c1-9(18)6-7-19-12(21)8-20-13(22)10-4-2-3-5-11(10)14(15,16)17/h2-5,9H,6-8,18H2,1H3,(H,19,21)(H,20,22). The summed E-state index contributed by atoms with van der Waals surface area (Å²) >= 11 is 0. The molecule has 1 unspecified atom stereocenters. The number of hydrogen-bond acceptors (Lipinski definition) is 3. The maximum atomic E-state index is 12.8. The van der Waals surface area contributed by atoms with Gasteiger partial charge in [-0.25, -0.2) is 0 Å². The summed E-state index contributed by atoms with van der Waals surface area (Å²) in [5.41, 5.74) is 3.95. The second kappa shape index (κ2) is 7.79. The van der Waals surface area contributed by atoms with Crippen LogP contribution >= 0.6 is 0 Å². The predicted molar refractivity (Wildman–Crippen MR) is 75.1 cm³/mol. The molecular formula is C14H18F3N3O2. The van der Waals surface area contributed by atoms with E-state index in [9.17, 15) is 22.8 Å². The third kappa shape index (κ3) is 5.72. The molecule has 0 aliphatic carbocycles. The van der Waals surface area contributed by atoms with E-state index in [4.69, 9.17) is 5.73 Å². The number of alkyl halides is 3. The fraction of sp³-hybridized carbons (Fsp3) is 0.429. The maximum absolute atomic E-state index is 12.8. The Hall–Kier alpha value is -2.09. The van der Waals surface area contributed by atoms with E-state index in [1.807, 2.05) is 0 Å². The van der Waals surface area contributed by atoms with Gasteiger partial charge in [0, 0.05) is 12.6 Å². The second-order valence-electron chi connectivity index (χ2n) is 4.84. The number of amides is 2. The first-order chi connectivity index (χ1) is 10.2. The highest BCUT2D eigenvalue weighted by Gasteiger charge is 2.34. The topological polar surface area (TPSA) is 84.2 Å². The quantitative estimate of drug-likeness (QED) is 0.739. The van der Waals surface area contributed by atoms with Gasteiger partial charge < -0.3 is 16.4 Å². The smallest absolute Gasteiger partial charge is 0.355 e. The first-order valence-electron chi connectivity index (χ1n) is 6.68. The first-order valence-corrected chi connectivity index (χ1v) is 6.68. The van der Waals surface area contributed by atoms with Gasteiger partial charge in [-0.1, -0.05) is 12.1 Å². The van der Waals surface area contributed by atoms with Gasteiger partial charge in [0.2, 0.25) is 5.91 Å². The molecule has 0 saturated heterocycles. The Morgan fingerprint density at radius 3 is 2.45 bits per heavy atom. The lowest BCUT2D eigenvalue weighted by atomic mass is 10.1. The highest BCUT2D eigenvalue weighted by molar-refractivity contribution is 5.97. The van der Waals surface area contributed by atoms with E-state index in [2.05, 4.69) is 10.6 Å². The van der Waals surface area contributed by atoms with Crippen LogP contribution in [-0.4, -0.2) is 30.9 Å². The SMILES string of the molecule is CC(N)CCNC(=O)CNC(=O)c1ccccc1C(F)(F)F. The van der Waals surface area contributed by atoms with E-state index in [1.165, 1.54) is 12.1 Å². The van der Waals surface area contributed by atoms with E-state index in [0.717, 1.165) is 12.1 Å². The van der Waals surface area contributed by atoms with Crippen molar-refractivity contribution in [2.45, 2.75) is 25.6 Å². The van der Waals surface area contributed by atoms with E-state index in [0.29, 0.717) is 13.0 Å². The van der Waals surface area contributed by atoms with Crippen LogP contribution in [0.5, 0.6) is 0 Å². The van der Waals surface area contributed by atoms with Gasteiger partial charge in [-0.2, -0.15) is 13.2 Å². The van der Waals surface area contributed by atoms with Crippen molar-refractivity contribution in [1.29, 1.82) is 0 Å². The van der Waals surface area contributed by atoms with Gasteiger partial charge in [-0.15, -0.1) is 0 Å². The summed E-state index contributed by atoms with van der Waals surface area (Å²) in [5, 5.41) is 4.68. The van der Waals surface area contributed by atoms with Gasteiger partial charge in [-0.05, 0) is 25.5 Å². The Bertz CT molecular complexity index is 530. The number of rotatable bonds is 6. The van der Waals surface area contributed by atoms with Crippen LogP contribution in [0, 0.1) is 0 Å². The summed E-state index contributed by atoms with van der Waals surface area (Å²) in [6.45, 7) is 1.72. The molecule has 0 radical (unpaired) electrons. The molecule has 0 saturated carbocycles. The monoisotopic (exact) mass is 317 g/mol. The summed E-state index contributed by atoms with van der Waals surface area (Å²) in [6.07, 6.45) is -4.07. The minimum absolute atomic E-state index is 0.0754. The minimum Gasteiger partial charge on any atom is -0.355 e. The zero-order valence-corrected chi connectivity index (χ0v) is 12.0. The molecule has 1 atom stereocenters. The van der Waals surface area contributed by atoms with E-state index < -0.39 is 35.7 Å². The largest absolute Gasteiger partial charge is 0.417 e. The van der Waals surface area contributed by atoms with Crippen molar-refractivity contribution in [1.82, 2.24) is 10.6 Å². The fourth-order valence-corrected chi connectivity index (χ4v) is 1.69. The summed E-state index contributed by atoms with van der Waals surface area (Å²) < 4.78 is 38.3. The van der Waals surface area contributed by atoms with Crippen molar-refractivity contribution in [3.8, 4) is 0 Å². The molecule has 0 aliphatic heterocycles. The van der Waals surface area contributed by atoms with E-state index in [-0.39, 0.29) is 6.04 Å². The number of carbonyl (C=O) groups is 2. The molecule has 22 heavy (non-hydrogen) atoms. The van der Waals surface area contributed by atoms with Crippen LogP contribution in [0.1, 0.15) is 29.3 Å². The van der Waals surface area contributed by atoms with Crippen molar-refractivity contribution >= 4 is 11.8 Å². The molecule has 1 aromatic rings. The van der Waals surface area contributed by atoms with Crippen molar-refractivity contribution in [2.24, 2.45) is 5.73 Å². The highest BCUT2D eigenvalue weighted by atomic mass is 19.4. The number of carbonyl (C=O) groups excluding carboxylic acids is 2. The third-order valence-electron chi connectivity index (χ3n) is 2.81. The Kier molecular flexibility index (Phi) is 6.36. The van der Waals surface area contributed by atoms with Gasteiger partial charge in [0.1, 0.15) is 0 Å². The second-order valence-corrected chi connectivity index (χ2v) is 4.84. The molecule has 1 aromatic carbocycles. The van der Waals surface area contributed by atoms with E-state index in [1.54, 1.807) is 6.92 Å². The molecule has 0 aliphatic rings. The zero-order chi connectivity index (χ0) is 16.8. The Morgan fingerprint density at radius 2 is 1.86 bits per heavy atom. The normalized spacial score (nSPS) is 12.6. The minimum atomic E-state index is -4.63. The number of benzene rings is 1. The molecule has 0 aromatic heterocycles. The number of nitrogens with two attached hydrogens (primary N) is 1. The van der Waals surface area contributed by atoms with Gasteiger partial charge >= 0.3 is 6.18 Å². The van der Waals surface area contributed by atoms with Crippen LogP contribution in [-0.2, 0) is 11.0 Å². The first kappa shape index (κ1) is 18.0. The van der Waals surface area contributed by atoms with Gasteiger partial charge in [-0.3, -0.25) is 9.59 Å². The molecule has 0 spiro atoms. The summed E-state index contributed by atoms with van der Waals surface area (Å²) in [7, 11) is 0. The highest BCUT2D eigenvalue weighted by Crippen LogP contribution is 2.31. The van der Waals surface area contributed by atoms with Crippen molar-refractivity contribution < 1.29 is 22.8 Å². The van der Waals surface area contributed by atoms with Crippen LogP contribution < -0.4 is 16.4 Å². The molecule has 2 amide bonds. The lowest BCUT2D eigenvalue weighted by Gasteiger charge is -2.12. The molecule has 0 bridgehead atoms. The molecule has 1 rings (SSSR count). The van der Waals surface area contributed by atoms with Crippen LogP contribution in [0.4, 0.5) is 13.2 Å². The Balaban J connectivity index is 2.58. The predicted octanol–water partition coefficient (Wildman–Crippen LogP) is 1.29. The number of halogens is 3. The third-order valence-corrected chi connectivity index (χ3v) is 2.81. The molecule has 5 nitrogen and oxygen atoms in total. The van der Waals surface area contributed by atoms with Crippen LogP contribution in [0.15, 0.2) is 24.3 Å². The molecular weight excluding hydrogens is 299 g/mol. The Morgan fingerprint density at radius 1 is 1.23 bits per heavy atom. The lowest BCUT2D eigenvalue weighted by Crippen LogP contribution is -2.38. The molecule has 4 N–H and O–H groups in total. The van der Waals surface area contributed by atoms with Gasteiger partial charge in [0.05, 0.1) is 17.7 Å². The van der Waals surface area contributed by atoms with Gasteiger partial charge in [0.15, 0.2) is 0 Å². The van der Waals surface area contributed by atoms with Crippen LogP contribution in [0.25, 0.3) is 0 Å². The molecule has 0 fully saturated rings.